The zero-order valence-corrected chi connectivity index (χ0v) is 16.2. The molecule has 3 amide bonds. The highest BCUT2D eigenvalue weighted by molar-refractivity contribution is 6.40. The molecule has 0 bridgehead atoms. The summed E-state index contributed by atoms with van der Waals surface area (Å²) in [7, 11) is 1.69. The Balaban J connectivity index is 1.72. The number of amides is 3. The average molecular weight is 395 g/mol. The molecule has 2 aliphatic heterocycles. The SMILES string of the molecule is CN(N)C1CC(C(=O)NC2(C(=O)C(=O)NC3COC3)CCCCC2)N(C=O)C1. The third-order valence-electron chi connectivity index (χ3n) is 6.01. The molecule has 3 fully saturated rings. The smallest absolute Gasteiger partial charge is 0.290 e. The molecule has 2 heterocycles. The van der Waals surface area contributed by atoms with Gasteiger partial charge in [0.2, 0.25) is 18.1 Å². The third-order valence-corrected chi connectivity index (χ3v) is 6.01. The highest BCUT2D eigenvalue weighted by Gasteiger charge is 2.47. The number of hydrazine groups is 1. The molecule has 0 radical (unpaired) electrons. The Hall–Kier alpha value is -2.04. The van der Waals surface area contributed by atoms with Crippen molar-refractivity contribution in [1.82, 2.24) is 20.5 Å². The molecule has 4 N–H and O–H groups in total. The standard InChI is InChI=1S/C18H29N5O5/c1-22(19)13-7-14(23(8-13)11-24)16(26)21-18(5-3-2-4-6-18)15(25)17(27)20-12-9-28-10-12/h11-14H,2-10,19H2,1H3,(H,20,27)(H,21,26). The highest BCUT2D eigenvalue weighted by Crippen LogP contribution is 2.30. The Morgan fingerprint density at radius 2 is 1.89 bits per heavy atom. The molecule has 28 heavy (non-hydrogen) atoms. The molecular formula is C18H29N5O5. The summed E-state index contributed by atoms with van der Waals surface area (Å²) < 4.78 is 5.02. The van der Waals surface area contributed by atoms with Crippen LogP contribution in [0.25, 0.3) is 0 Å². The molecule has 3 rings (SSSR count). The van der Waals surface area contributed by atoms with E-state index >= 15 is 0 Å². The van der Waals surface area contributed by atoms with Gasteiger partial charge in [0, 0.05) is 19.6 Å². The molecule has 3 aliphatic rings. The molecule has 0 aromatic rings. The summed E-state index contributed by atoms with van der Waals surface area (Å²) in [6.07, 6.45) is 4.30. The van der Waals surface area contributed by atoms with E-state index in [1.54, 1.807) is 7.05 Å². The molecule has 10 heteroatoms. The van der Waals surface area contributed by atoms with Crippen molar-refractivity contribution in [3.05, 3.63) is 0 Å². The number of ketones is 1. The first-order chi connectivity index (χ1) is 13.4. The fraction of sp³-hybridized carbons (Fsp3) is 0.778. The van der Waals surface area contributed by atoms with Crippen molar-refractivity contribution in [1.29, 1.82) is 0 Å². The van der Waals surface area contributed by atoms with E-state index in [0.717, 1.165) is 19.3 Å². The van der Waals surface area contributed by atoms with Gasteiger partial charge in [-0.1, -0.05) is 19.3 Å². The maximum Gasteiger partial charge on any atom is 0.290 e. The molecule has 1 aliphatic carbocycles. The van der Waals surface area contributed by atoms with Gasteiger partial charge in [-0.05, 0) is 19.3 Å². The molecule has 0 aromatic heterocycles. The first kappa shape index (κ1) is 20.7. The van der Waals surface area contributed by atoms with Crippen molar-refractivity contribution < 1.29 is 23.9 Å². The zero-order valence-electron chi connectivity index (χ0n) is 16.2. The number of nitrogens with one attached hydrogen (secondary N) is 2. The molecule has 2 atom stereocenters. The number of nitrogens with two attached hydrogens (primary N) is 1. The van der Waals surface area contributed by atoms with Crippen molar-refractivity contribution in [3.63, 3.8) is 0 Å². The van der Waals surface area contributed by atoms with Gasteiger partial charge in [0.1, 0.15) is 11.6 Å². The van der Waals surface area contributed by atoms with Crippen LogP contribution < -0.4 is 16.5 Å². The maximum atomic E-state index is 13.0. The predicted molar refractivity (Wildman–Crippen MR) is 98.6 cm³/mol. The number of rotatable bonds is 7. The summed E-state index contributed by atoms with van der Waals surface area (Å²) in [5, 5.41) is 7.00. The molecule has 10 nitrogen and oxygen atoms in total. The van der Waals surface area contributed by atoms with Gasteiger partial charge in [0.15, 0.2) is 0 Å². The number of carbonyl (C=O) groups excluding carboxylic acids is 4. The van der Waals surface area contributed by atoms with E-state index in [0.29, 0.717) is 45.4 Å². The Morgan fingerprint density at radius 3 is 2.43 bits per heavy atom. The lowest BCUT2D eigenvalue weighted by Gasteiger charge is -2.38. The minimum absolute atomic E-state index is 0.138. The van der Waals surface area contributed by atoms with E-state index in [9.17, 15) is 19.2 Å². The van der Waals surface area contributed by atoms with Crippen molar-refractivity contribution in [3.8, 4) is 0 Å². The molecule has 1 saturated carbocycles. The van der Waals surface area contributed by atoms with E-state index in [1.807, 2.05) is 0 Å². The van der Waals surface area contributed by atoms with E-state index in [2.05, 4.69) is 10.6 Å². The summed E-state index contributed by atoms with van der Waals surface area (Å²) in [5.74, 6) is 4.07. The Kier molecular flexibility index (Phi) is 6.31. The second-order valence-electron chi connectivity index (χ2n) is 8.04. The Bertz CT molecular complexity index is 630. The topological polar surface area (TPSA) is 134 Å². The summed E-state index contributed by atoms with van der Waals surface area (Å²) in [5.41, 5.74) is -1.22. The fourth-order valence-corrected chi connectivity index (χ4v) is 4.18. The predicted octanol–water partition coefficient (Wildman–Crippen LogP) is -1.71. The number of carbonyl (C=O) groups is 4. The number of Topliss-reactive ketones (excluding diaryl/α,β-unsaturated/α-hetero) is 1. The van der Waals surface area contributed by atoms with Crippen LogP contribution in [-0.2, 0) is 23.9 Å². The monoisotopic (exact) mass is 395 g/mol. The summed E-state index contributed by atoms with van der Waals surface area (Å²) >= 11 is 0. The zero-order chi connectivity index (χ0) is 20.3. The molecule has 0 spiro atoms. The first-order valence-electron chi connectivity index (χ1n) is 9.80. The lowest BCUT2D eigenvalue weighted by Crippen LogP contribution is -2.63. The van der Waals surface area contributed by atoms with E-state index in [-0.39, 0.29) is 12.1 Å². The van der Waals surface area contributed by atoms with Gasteiger partial charge in [0.25, 0.3) is 5.91 Å². The van der Waals surface area contributed by atoms with Gasteiger partial charge < -0.3 is 20.3 Å². The van der Waals surface area contributed by atoms with E-state index < -0.39 is 29.2 Å². The van der Waals surface area contributed by atoms with Crippen molar-refractivity contribution in [2.24, 2.45) is 5.84 Å². The van der Waals surface area contributed by atoms with E-state index in [1.165, 1.54) is 9.91 Å². The third kappa shape index (κ3) is 4.18. The fourth-order valence-electron chi connectivity index (χ4n) is 4.18. The van der Waals surface area contributed by atoms with Crippen molar-refractivity contribution in [2.75, 3.05) is 26.8 Å². The van der Waals surface area contributed by atoms with Crippen LogP contribution in [0.2, 0.25) is 0 Å². The van der Waals surface area contributed by atoms with Gasteiger partial charge in [-0.2, -0.15) is 0 Å². The van der Waals surface area contributed by atoms with Crippen LogP contribution in [0.3, 0.4) is 0 Å². The Morgan fingerprint density at radius 1 is 1.21 bits per heavy atom. The summed E-state index contributed by atoms with van der Waals surface area (Å²) in [4.78, 5) is 51.3. The normalized spacial score (nSPS) is 27.2. The molecule has 2 unspecified atom stereocenters. The van der Waals surface area contributed by atoms with Gasteiger partial charge in [-0.25, -0.2) is 5.01 Å². The van der Waals surface area contributed by atoms with Crippen LogP contribution in [0.1, 0.15) is 38.5 Å². The van der Waals surface area contributed by atoms with Gasteiger partial charge in [0.05, 0.1) is 19.3 Å². The highest BCUT2D eigenvalue weighted by atomic mass is 16.5. The lowest BCUT2D eigenvalue weighted by molar-refractivity contribution is -0.147. The number of hydrogen-bond acceptors (Lipinski definition) is 7. The van der Waals surface area contributed by atoms with Crippen LogP contribution in [-0.4, -0.2) is 84.4 Å². The average Bonchev–Trinajstić information content (AvgIpc) is 3.09. The second-order valence-corrected chi connectivity index (χ2v) is 8.04. The second kappa shape index (κ2) is 8.54. The molecule has 0 aromatic carbocycles. The molecule has 2 saturated heterocycles. The first-order valence-corrected chi connectivity index (χ1v) is 9.80. The van der Waals surface area contributed by atoms with Crippen LogP contribution in [0, 0.1) is 0 Å². The van der Waals surface area contributed by atoms with Crippen molar-refractivity contribution in [2.45, 2.75) is 62.2 Å². The van der Waals surface area contributed by atoms with Gasteiger partial charge >= 0.3 is 0 Å². The summed E-state index contributed by atoms with van der Waals surface area (Å²) in [6.45, 7) is 1.13. The molecular weight excluding hydrogens is 366 g/mol. The number of ether oxygens (including phenoxy) is 1. The Labute approximate surface area is 164 Å². The quantitative estimate of drug-likeness (QED) is 0.202. The maximum absolute atomic E-state index is 13.0. The van der Waals surface area contributed by atoms with Gasteiger partial charge in [-0.3, -0.25) is 25.0 Å². The minimum atomic E-state index is -1.22. The van der Waals surface area contributed by atoms with Crippen molar-refractivity contribution >= 4 is 24.0 Å². The minimum Gasteiger partial charge on any atom is -0.377 e. The van der Waals surface area contributed by atoms with Gasteiger partial charge in [-0.15, -0.1) is 0 Å². The number of hydrogen-bond donors (Lipinski definition) is 3. The lowest BCUT2D eigenvalue weighted by atomic mass is 9.77. The number of likely N-dealkylation sites (N-methyl/N-ethyl adjacent to an activating group) is 1. The summed E-state index contributed by atoms with van der Waals surface area (Å²) in [6, 6.07) is -1.00. The largest absolute Gasteiger partial charge is 0.377 e. The van der Waals surface area contributed by atoms with Crippen LogP contribution >= 0.6 is 0 Å². The number of nitrogens with zero attached hydrogens (tertiary/aromatic N) is 2. The molecule has 156 valence electrons. The van der Waals surface area contributed by atoms with E-state index in [4.69, 9.17) is 10.6 Å². The van der Waals surface area contributed by atoms with Crippen LogP contribution in [0.4, 0.5) is 0 Å². The number of likely N-dealkylation sites (tertiary alicyclic amines) is 1. The van der Waals surface area contributed by atoms with Crippen LogP contribution in [0.5, 0.6) is 0 Å². The van der Waals surface area contributed by atoms with Crippen LogP contribution in [0.15, 0.2) is 0 Å².